The molecule has 2 aliphatic rings. The molecule has 1 nitrogen and oxygen atoms in total. The molecule has 0 bridgehead atoms. The molecule has 0 N–H and O–H groups in total. The second kappa shape index (κ2) is 3.28. The first-order valence-corrected chi connectivity index (χ1v) is 5.63. The molecule has 1 aromatic rings. The summed E-state index contributed by atoms with van der Waals surface area (Å²) in [6.45, 7) is 1.51. The van der Waals surface area contributed by atoms with Crippen LogP contribution in [0.1, 0.15) is 36.0 Å². The number of hydrogen-bond donors (Lipinski definition) is 0. The monoisotopic (exact) mass is 238 g/mol. The van der Waals surface area contributed by atoms with Crippen molar-refractivity contribution in [1.82, 2.24) is 5.32 Å². The van der Waals surface area contributed by atoms with Crippen molar-refractivity contribution < 1.29 is 13.2 Å². The highest BCUT2D eigenvalue weighted by molar-refractivity contribution is 5.86. The highest BCUT2D eigenvalue weighted by Gasteiger charge is 2.40. The van der Waals surface area contributed by atoms with Crippen molar-refractivity contribution in [2.75, 3.05) is 0 Å². The van der Waals surface area contributed by atoms with Crippen LogP contribution in [0, 0.1) is 6.92 Å². The van der Waals surface area contributed by atoms with Crippen molar-refractivity contribution in [3.05, 3.63) is 34.5 Å². The fourth-order valence-corrected chi connectivity index (χ4v) is 2.73. The third-order valence-corrected chi connectivity index (χ3v) is 3.42. The number of nitrogens with zero attached hydrogens (tertiary/aromatic N) is 1. The lowest BCUT2D eigenvalue weighted by Gasteiger charge is -2.16. The van der Waals surface area contributed by atoms with E-state index in [9.17, 15) is 13.2 Å². The van der Waals surface area contributed by atoms with Crippen LogP contribution in [0.25, 0.3) is 5.57 Å². The molecule has 0 aromatic heterocycles. The standard InChI is InChI=1S/C13H11F3N/c1-7-5-6-10-11(12(7)13(14,15)16)8-3-2-4-9(8)17-10/h5-6H,2-4H2,1H3. The first-order chi connectivity index (χ1) is 7.98. The molecule has 1 aliphatic heterocycles. The van der Waals surface area contributed by atoms with Gasteiger partial charge in [0, 0.05) is 11.3 Å². The number of alkyl halides is 3. The molecule has 3 rings (SSSR count). The Morgan fingerprint density at radius 1 is 1.18 bits per heavy atom. The van der Waals surface area contributed by atoms with Crippen LogP contribution in [0.15, 0.2) is 17.8 Å². The minimum Gasteiger partial charge on any atom is -0.253 e. The van der Waals surface area contributed by atoms with Gasteiger partial charge in [0.15, 0.2) is 0 Å². The maximum absolute atomic E-state index is 13.1. The summed E-state index contributed by atoms with van der Waals surface area (Å²) < 4.78 is 39.3. The molecule has 0 spiro atoms. The molecule has 4 heteroatoms. The van der Waals surface area contributed by atoms with Crippen LogP contribution in [0.4, 0.5) is 18.9 Å². The lowest BCUT2D eigenvalue weighted by Crippen LogP contribution is -2.11. The predicted octanol–water partition coefficient (Wildman–Crippen LogP) is 4.16. The first-order valence-electron chi connectivity index (χ1n) is 5.63. The van der Waals surface area contributed by atoms with Crippen LogP contribution in [-0.4, -0.2) is 0 Å². The van der Waals surface area contributed by atoms with Crippen molar-refractivity contribution >= 4 is 11.3 Å². The van der Waals surface area contributed by atoms with E-state index in [1.165, 1.54) is 13.0 Å². The van der Waals surface area contributed by atoms with Gasteiger partial charge in [-0.15, -0.1) is 0 Å². The third kappa shape index (κ3) is 1.47. The number of aryl methyl sites for hydroxylation is 1. The second-order valence-electron chi connectivity index (χ2n) is 4.54. The molecule has 0 fully saturated rings. The van der Waals surface area contributed by atoms with Crippen molar-refractivity contribution in [2.24, 2.45) is 0 Å². The Labute approximate surface area is 97.3 Å². The summed E-state index contributed by atoms with van der Waals surface area (Å²) in [6, 6.07) is 3.20. The Kier molecular flexibility index (Phi) is 2.06. The van der Waals surface area contributed by atoms with E-state index in [0.29, 0.717) is 11.3 Å². The van der Waals surface area contributed by atoms with Gasteiger partial charge in [0.2, 0.25) is 0 Å². The summed E-state index contributed by atoms with van der Waals surface area (Å²) in [4.78, 5) is 0. The number of benzene rings is 1. The minimum absolute atomic E-state index is 0.284. The molecule has 89 valence electrons. The largest absolute Gasteiger partial charge is 0.417 e. The van der Waals surface area contributed by atoms with Gasteiger partial charge in [-0.1, -0.05) is 6.07 Å². The van der Waals surface area contributed by atoms with Gasteiger partial charge in [-0.25, -0.2) is 0 Å². The normalized spacial score (nSPS) is 18.1. The number of halogens is 3. The molecular weight excluding hydrogens is 227 g/mol. The van der Waals surface area contributed by atoms with E-state index < -0.39 is 11.7 Å². The van der Waals surface area contributed by atoms with E-state index in [1.54, 1.807) is 6.07 Å². The number of hydrogen-bond acceptors (Lipinski definition) is 0. The van der Waals surface area contributed by atoms with Crippen LogP contribution >= 0.6 is 0 Å². The zero-order valence-corrected chi connectivity index (χ0v) is 9.36. The maximum Gasteiger partial charge on any atom is 0.417 e. The van der Waals surface area contributed by atoms with Gasteiger partial charge >= 0.3 is 6.18 Å². The van der Waals surface area contributed by atoms with Gasteiger partial charge in [0.1, 0.15) is 0 Å². The van der Waals surface area contributed by atoms with Crippen molar-refractivity contribution in [3.63, 3.8) is 0 Å². The second-order valence-corrected chi connectivity index (χ2v) is 4.54. The van der Waals surface area contributed by atoms with Crippen LogP contribution in [-0.2, 0) is 6.18 Å². The quantitative estimate of drug-likeness (QED) is 0.644. The Hall–Kier alpha value is -1.45. The average molecular weight is 238 g/mol. The van der Waals surface area contributed by atoms with Crippen molar-refractivity contribution in [2.45, 2.75) is 32.4 Å². The fraction of sp³-hybridized carbons (Fsp3) is 0.385. The Balaban J connectivity index is 2.27. The van der Waals surface area contributed by atoms with Crippen molar-refractivity contribution in [3.8, 4) is 0 Å². The summed E-state index contributed by atoms with van der Waals surface area (Å²) in [7, 11) is 0. The SMILES string of the molecule is Cc1ccc2c(c1C(F)(F)F)C1=C(CCC1)[N]2. The Morgan fingerprint density at radius 3 is 2.65 bits per heavy atom. The zero-order chi connectivity index (χ0) is 12.2. The Bertz CT molecular complexity index is 526. The molecule has 17 heavy (non-hydrogen) atoms. The summed E-state index contributed by atoms with van der Waals surface area (Å²) in [6.07, 6.45) is -1.85. The lowest BCUT2D eigenvalue weighted by molar-refractivity contribution is -0.138. The van der Waals surface area contributed by atoms with Gasteiger partial charge in [-0.2, -0.15) is 13.2 Å². The number of rotatable bonds is 0. The molecule has 0 amide bonds. The lowest BCUT2D eigenvalue weighted by atomic mass is 9.94. The van der Waals surface area contributed by atoms with E-state index in [4.69, 9.17) is 0 Å². The molecule has 1 aromatic carbocycles. The van der Waals surface area contributed by atoms with E-state index in [2.05, 4.69) is 5.32 Å². The summed E-state index contributed by atoms with van der Waals surface area (Å²) in [5, 5.41) is 4.31. The van der Waals surface area contributed by atoms with E-state index in [1.807, 2.05) is 0 Å². The van der Waals surface area contributed by atoms with Gasteiger partial charge in [-0.05, 0) is 43.4 Å². The Morgan fingerprint density at radius 2 is 1.94 bits per heavy atom. The number of fused-ring (bicyclic) bond motifs is 2. The molecule has 0 saturated carbocycles. The van der Waals surface area contributed by atoms with Crippen molar-refractivity contribution in [1.29, 1.82) is 0 Å². The average Bonchev–Trinajstić information content (AvgIpc) is 2.76. The van der Waals surface area contributed by atoms with E-state index in [-0.39, 0.29) is 5.56 Å². The van der Waals surface area contributed by atoms with Crippen LogP contribution < -0.4 is 5.32 Å². The molecule has 1 heterocycles. The van der Waals surface area contributed by atoms with E-state index >= 15 is 0 Å². The highest BCUT2D eigenvalue weighted by Crippen LogP contribution is 2.49. The third-order valence-electron chi connectivity index (χ3n) is 3.42. The predicted molar refractivity (Wildman–Crippen MR) is 58.7 cm³/mol. The van der Waals surface area contributed by atoms with Gasteiger partial charge in [-0.3, -0.25) is 5.32 Å². The summed E-state index contributed by atoms with van der Waals surface area (Å²) in [5.74, 6) is 0. The van der Waals surface area contributed by atoms with Gasteiger partial charge in [0.25, 0.3) is 0 Å². The smallest absolute Gasteiger partial charge is 0.253 e. The number of allylic oxidation sites excluding steroid dienone is 2. The zero-order valence-electron chi connectivity index (χ0n) is 9.36. The minimum atomic E-state index is -4.30. The van der Waals surface area contributed by atoms with Crippen LogP contribution in [0.3, 0.4) is 0 Å². The van der Waals surface area contributed by atoms with E-state index in [0.717, 1.165) is 30.5 Å². The first kappa shape index (κ1) is 10.7. The van der Waals surface area contributed by atoms with Gasteiger partial charge in [0.05, 0.1) is 11.3 Å². The maximum atomic E-state index is 13.1. The summed E-state index contributed by atoms with van der Waals surface area (Å²) >= 11 is 0. The molecule has 0 unspecified atom stereocenters. The van der Waals surface area contributed by atoms with Crippen LogP contribution in [0.5, 0.6) is 0 Å². The fourth-order valence-electron chi connectivity index (χ4n) is 2.73. The molecule has 0 atom stereocenters. The topological polar surface area (TPSA) is 14.1 Å². The highest BCUT2D eigenvalue weighted by atomic mass is 19.4. The molecular formula is C13H11F3N. The molecule has 0 saturated heterocycles. The van der Waals surface area contributed by atoms with Gasteiger partial charge < -0.3 is 0 Å². The van der Waals surface area contributed by atoms with Crippen LogP contribution in [0.2, 0.25) is 0 Å². The summed E-state index contributed by atoms with van der Waals surface area (Å²) in [5.41, 5.74) is 2.29. The molecule has 1 radical (unpaired) electrons. The molecule has 1 aliphatic carbocycles.